The number of carbonyl (C=O) groups excluding carboxylic acids is 7. The topological polar surface area (TPSA) is 247 Å². The Morgan fingerprint density at radius 1 is 0.814 bits per heavy atom. The van der Waals surface area contributed by atoms with Crippen molar-refractivity contribution in [2.24, 2.45) is 17.3 Å². The van der Waals surface area contributed by atoms with Crippen LogP contribution in [0.5, 0.6) is 0 Å². The summed E-state index contributed by atoms with van der Waals surface area (Å²) >= 11 is 0. The normalized spacial score (nSPS) is 37.4. The number of carbonyl (C=O) groups is 7. The van der Waals surface area contributed by atoms with Gasteiger partial charge >= 0.3 is 41.8 Å². The predicted octanol–water partition coefficient (Wildman–Crippen LogP) is 1.76. The van der Waals surface area contributed by atoms with Crippen LogP contribution in [0, 0.1) is 17.3 Å². The van der Waals surface area contributed by atoms with Crippen LogP contribution in [0.15, 0.2) is 48.7 Å². The van der Waals surface area contributed by atoms with Gasteiger partial charge in [-0.2, -0.15) is 0 Å². The van der Waals surface area contributed by atoms with Crippen LogP contribution in [0.2, 0.25) is 0 Å². The van der Waals surface area contributed by atoms with Gasteiger partial charge in [-0.1, -0.05) is 32.0 Å². The molecule has 1 aromatic carbocycles. The summed E-state index contributed by atoms with van der Waals surface area (Å²) in [5.74, 6) is -10.6. The highest BCUT2D eigenvalue weighted by molar-refractivity contribution is 5.91. The van der Waals surface area contributed by atoms with E-state index in [1.165, 1.54) is 56.4 Å². The molecule has 2 saturated carbocycles. The van der Waals surface area contributed by atoms with Crippen LogP contribution in [0.3, 0.4) is 0 Å². The molecule has 59 heavy (non-hydrogen) atoms. The number of fused-ring (bicyclic) bond motifs is 5. The molecule has 1 aromatic heterocycles. The Balaban J connectivity index is 1.76. The molecule has 2 aliphatic carbocycles. The van der Waals surface area contributed by atoms with E-state index < -0.39 is 132 Å². The lowest BCUT2D eigenvalue weighted by Gasteiger charge is -2.67. The zero-order valence-corrected chi connectivity index (χ0v) is 33.7. The molecule has 0 amide bonds. The Hall–Kier alpha value is -5.46. The van der Waals surface area contributed by atoms with Gasteiger partial charge in [-0.05, 0) is 38.1 Å². The second-order valence-electron chi connectivity index (χ2n) is 15.9. The van der Waals surface area contributed by atoms with Crippen LogP contribution in [0.1, 0.15) is 87.7 Å². The Labute approximate surface area is 338 Å². The first kappa shape index (κ1) is 43.1. The first-order chi connectivity index (χ1) is 27.6. The second-order valence-corrected chi connectivity index (χ2v) is 15.9. The third-order valence-electron chi connectivity index (χ3n) is 12.1. The quantitative estimate of drug-likeness (QED) is 0.298. The molecular weight excluding hydrogens is 778 g/mol. The fraction of sp³-hybridized carbons (Fsp3) is 0.561. The van der Waals surface area contributed by atoms with Crippen molar-refractivity contribution in [2.75, 3.05) is 13.2 Å². The Morgan fingerprint density at radius 2 is 1.44 bits per heavy atom. The lowest BCUT2D eigenvalue weighted by atomic mass is 9.45. The number of hydrogen-bond donors (Lipinski definition) is 2. The van der Waals surface area contributed by atoms with E-state index in [0.717, 1.165) is 34.6 Å². The van der Waals surface area contributed by atoms with Gasteiger partial charge in [0.15, 0.2) is 17.8 Å². The molecule has 0 radical (unpaired) electrons. The Kier molecular flexibility index (Phi) is 11.4. The molecule has 0 unspecified atom stereocenters. The maximum atomic E-state index is 14.3. The number of cyclic esters (lactones) is 1. The van der Waals surface area contributed by atoms with Gasteiger partial charge < -0.3 is 48.1 Å². The number of aromatic nitrogens is 1. The summed E-state index contributed by atoms with van der Waals surface area (Å²) in [6, 6.07) is 10.3. The number of nitrogens with zero attached hydrogens (tertiary/aromatic N) is 1. The highest BCUT2D eigenvalue weighted by atomic mass is 16.7. The number of ether oxygens (including phenoxy) is 8. The van der Waals surface area contributed by atoms with E-state index in [2.05, 4.69) is 4.98 Å². The molecule has 2 N–H and O–H groups in total. The molecule has 6 rings (SSSR count). The first-order valence-electron chi connectivity index (χ1n) is 19.0. The zero-order valence-electron chi connectivity index (χ0n) is 33.7. The van der Waals surface area contributed by atoms with E-state index in [0.29, 0.717) is 0 Å². The SMILES string of the molecule is CC(=O)OC[C@]12[C@H](OC(C)=O)[C@H](OC(C)=O)[C@@H]3[C@@H](OC(C)=O)[C@@]14O[C@@]3(C)COC(=O)c1cccnc1[C@H](C)[C@H](C)C(=O)O[C@@H]([C@H](O)[C@@H]2OC(=O)c1ccccc1)[C@]4(C)O. The van der Waals surface area contributed by atoms with Crippen LogP contribution in [0.25, 0.3) is 0 Å². The van der Waals surface area contributed by atoms with Gasteiger partial charge in [0, 0.05) is 39.8 Å². The van der Waals surface area contributed by atoms with Gasteiger partial charge in [-0.25, -0.2) is 9.59 Å². The smallest absolute Gasteiger partial charge is 0.340 e. The highest BCUT2D eigenvalue weighted by Crippen LogP contribution is 2.70. The number of aliphatic hydroxyl groups excluding tert-OH is 1. The van der Waals surface area contributed by atoms with Gasteiger partial charge in [0.1, 0.15) is 54.2 Å². The summed E-state index contributed by atoms with van der Waals surface area (Å²) in [6.07, 6.45) is -10.9. The molecule has 2 aliphatic heterocycles. The van der Waals surface area contributed by atoms with Gasteiger partial charge in [0.2, 0.25) is 0 Å². The monoisotopic (exact) mass is 825 g/mol. The van der Waals surface area contributed by atoms with Crippen molar-refractivity contribution in [3.8, 4) is 0 Å². The zero-order chi connectivity index (χ0) is 43.4. The van der Waals surface area contributed by atoms with Gasteiger partial charge in [0.05, 0.1) is 28.7 Å². The molecule has 18 nitrogen and oxygen atoms in total. The summed E-state index contributed by atoms with van der Waals surface area (Å²) in [4.78, 5) is 99.4. The van der Waals surface area contributed by atoms with E-state index in [1.807, 2.05) is 0 Å². The molecule has 3 heterocycles. The van der Waals surface area contributed by atoms with Crippen molar-refractivity contribution >= 4 is 41.8 Å². The van der Waals surface area contributed by atoms with Gasteiger partial charge in [-0.15, -0.1) is 0 Å². The highest BCUT2D eigenvalue weighted by Gasteiger charge is 2.91. The fourth-order valence-corrected chi connectivity index (χ4v) is 9.54. The largest absolute Gasteiger partial charge is 0.465 e. The number of rotatable bonds is 7. The second kappa shape index (κ2) is 15.6. The van der Waals surface area contributed by atoms with Crippen LogP contribution in [-0.2, 0) is 61.9 Å². The Morgan fingerprint density at radius 3 is 2.05 bits per heavy atom. The maximum Gasteiger partial charge on any atom is 0.340 e. The maximum absolute atomic E-state index is 14.3. The van der Waals surface area contributed by atoms with Crippen molar-refractivity contribution in [1.82, 2.24) is 4.98 Å². The number of esters is 7. The predicted molar refractivity (Wildman–Crippen MR) is 196 cm³/mol. The molecule has 18 heteroatoms. The lowest BCUT2D eigenvalue weighted by Crippen LogP contribution is -2.89. The van der Waals surface area contributed by atoms with E-state index in [1.54, 1.807) is 13.0 Å². The molecule has 3 fully saturated rings. The molecular formula is C41H47NO17. The number of aliphatic hydroxyl groups is 2. The van der Waals surface area contributed by atoms with E-state index in [4.69, 9.17) is 37.9 Å². The van der Waals surface area contributed by atoms with Crippen molar-refractivity contribution in [3.05, 3.63) is 65.5 Å². The number of pyridine rings is 1. The molecule has 2 aromatic rings. The third kappa shape index (κ3) is 6.89. The summed E-state index contributed by atoms with van der Waals surface area (Å²) in [5.41, 5.74) is -10.2. The Bertz CT molecular complexity index is 2040. The van der Waals surface area contributed by atoms with Crippen molar-refractivity contribution in [2.45, 2.75) is 115 Å². The van der Waals surface area contributed by atoms with Gasteiger partial charge in [0.25, 0.3) is 0 Å². The van der Waals surface area contributed by atoms with Crippen LogP contribution in [0.4, 0.5) is 0 Å². The van der Waals surface area contributed by atoms with Crippen molar-refractivity contribution in [1.29, 1.82) is 0 Å². The fourth-order valence-electron chi connectivity index (χ4n) is 9.54. The molecule has 318 valence electrons. The van der Waals surface area contributed by atoms with Gasteiger partial charge in [-0.3, -0.25) is 29.0 Å². The van der Waals surface area contributed by atoms with Crippen molar-refractivity contribution < 1.29 is 81.7 Å². The minimum Gasteiger partial charge on any atom is -0.465 e. The average Bonchev–Trinajstić information content (AvgIpc) is 3.39. The average molecular weight is 826 g/mol. The van der Waals surface area contributed by atoms with E-state index in [-0.39, 0.29) is 16.8 Å². The molecule has 4 aliphatic rings. The molecule has 1 spiro atoms. The standard InChI is InChI=1S/C41H47NO17/c1-19-20(2)35(48)57-32-29(47)33(58-36(49)25-13-10-9-11-14-25)40(18-52-21(3)43)34(56-24(6)46)30(54-22(4)44)27-31(55-23(5)45)41(40,39(32,8)51)59-38(27,7)17-53-37(50)26-15-12-16-42-28(19)26/h9-16,19-20,27,29-34,47,51H,17-18H2,1-8H3/t19-,20+,27-,29+,30-,31-,32+,33+,34-,38+,39+,40+,41+/m1/s1. The minimum absolute atomic E-state index is 0.0328. The molecule has 1 saturated heterocycles. The van der Waals surface area contributed by atoms with Crippen LogP contribution >= 0.6 is 0 Å². The molecule has 4 bridgehead atoms. The van der Waals surface area contributed by atoms with Crippen LogP contribution < -0.4 is 0 Å². The summed E-state index contributed by atoms with van der Waals surface area (Å²) in [6.45, 7) is 7.80. The van der Waals surface area contributed by atoms with E-state index >= 15 is 0 Å². The lowest BCUT2D eigenvalue weighted by molar-refractivity contribution is -0.385. The number of benzene rings is 1. The number of hydrogen-bond acceptors (Lipinski definition) is 18. The van der Waals surface area contributed by atoms with E-state index in [9.17, 15) is 43.8 Å². The van der Waals surface area contributed by atoms with Crippen LogP contribution in [-0.4, -0.2) is 124 Å². The summed E-state index contributed by atoms with van der Waals surface area (Å²) in [7, 11) is 0. The first-order valence-corrected chi connectivity index (χ1v) is 19.0. The molecule has 13 atom stereocenters. The summed E-state index contributed by atoms with van der Waals surface area (Å²) in [5, 5.41) is 26.0. The minimum atomic E-state index is -2.82. The van der Waals surface area contributed by atoms with Crippen molar-refractivity contribution in [3.63, 3.8) is 0 Å². The third-order valence-corrected chi connectivity index (χ3v) is 12.1. The summed E-state index contributed by atoms with van der Waals surface area (Å²) < 4.78 is 48.8.